The van der Waals surface area contributed by atoms with E-state index in [1.807, 2.05) is 16.8 Å². The minimum Gasteiger partial charge on any atom is -0.322 e. The van der Waals surface area contributed by atoms with Gasteiger partial charge in [-0.2, -0.15) is 13.2 Å². The number of carbonyl (C=O) groups is 1. The Balaban J connectivity index is 1.33. The van der Waals surface area contributed by atoms with Crippen molar-refractivity contribution in [2.24, 2.45) is 0 Å². The zero-order valence-corrected chi connectivity index (χ0v) is 18.5. The largest absolute Gasteiger partial charge is 0.416 e. The van der Waals surface area contributed by atoms with E-state index in [1.165, 1.54) is 23.5 Å². The first-order valence-corrected chi connectivity index (χ1v) is 11.3. The number of carbonyl (C=O) groups excluding carboxylic acids is 1. The molecule has 4 aromatic rings. The van der Waals surface area contributed by atoms with Gasteiger partial charge in [-0.05, 0) is 37.1 Å². The summed E-state index contributed by atoms with van der Waals surface area (Å²) in [5.74, 6) is -0.387. The molecule has 0 radical (unpaired) electrons. The number of nitrogens with one attached hydrogen (secondary N) is 1. The highest BCUT2D eigenvalue weighted by molar-refractivity contribution is 7.10. The molecule has 0 fully saturated rings. The van der Waals surface area contributed by atoms with Gasteiger partial charge in [0.2, 0.25) is 0 Å². The van der Waals surface area contributed by atoms with Crippen molar-refractivity contribution < 1.29 is 18.0 Å². The second-order valence-corrected chi connectivity index (χ2v) is 9.06. The second-order valence-electron chi connectivity index (χ2n) is 8.10. The lowest BCUT2D eigenvalue weighted by molar-refractivity contribution is -0.137. The fraction of sp³-hybridized carbons (Fsp3) is 0.261. The summed E-state index contributed by atoms with van der Waals surface area (Å²) in [7, 11) is 0. The number of hydrogen-bond acceptors (Lipinski definition) is 5. The molecule has 1 aromatic carbocycles. The Morgan fingerprint density at radius 1 is 1.30 bits per heavy atom. The van der Waals surface area contributed by atoms with Crippen LogP contribution in [0.3, 0.4) is 0 Å². The van der Waals surface area contributed by atoms with Crippen molar-refractivity contribution in [1.82, 2.24) is 19.3 Å². The third kappa shape index (κ3) is 4.23. The van der Waals surface area contributed by atoms with Gasteiger partial charge in [0.05, 0.1) is 29.2 Å². The summed E-state index contributed by atoms with van der Waals surface area (Å²) in [6.45, 7) is 3.51. The molecule has 1 aliphatic rings. The Kier molecular flexibility index (Phi) is 5.41. The molecular weight excluding hydrogens is 451 g/mol. The third-order valence-corrected chi connectivity index (χ3v) is 6.92. The van der Waals surface area contributed by atoms with Crippen LogP contribution in [-0.2, 0) is 25.7 Å². The van der Waals surface area contributed by atoms with Gasteiger partial charge in [-0.25, -0.2) is 4.98 Å². The number of thiophene rings is 1. The molecule has 0 saturated carbocycles. The Morgan fingerprint density at radius 3 is 2.97 bits per heavy atom. The average molecular weight is 472 g/mol. The molecule has 1 unspecified atom stereocenters. The van der Waals surface area contributed by atoms with Crippen LogP contribution in [0.15, 0.2) is 54.4 Å². The number of imidazole rings is 1. The lowest BCUT2D eigenvalue weighted by atomic mass is 9.97. The minimum absolute atomic E-state index is 0.127. The van der Waals surface area contributed by atoms with Crippen molar-refractivity contribution in [2.75, 3.05) is 5.32 Å². The van der Waals surface area contributed by atoms with Crippen LogP contribution in [0.1, 0.15) is 39.0 Å². The molecule has 0 saturated heterocycles. The fourth-order valence-corrected chi connectivity index (χ4v) is 5.22. The summed E-state index contributed by atoms with van der Waals surface area (Å²) >= 11 is 1.51. The monoisotopic (exact) mass is 471 g/mol. The summed E-state index contributed by atoms with van der Waals surface area (Å²) < 4.78 is 41.0. The van der Waals surface area contributed by atoms with Crippen LogP contribution < -0.4 is 5.32 Å². The van der Waals surface area contributed by atoms with Crippen LogP contribution in [0.5, 0.6) is 0 Å². The first kappa shape index (κ1) is 21.6. The molecule has 1 N–H and O–H groups in total. The van der Waals surface area contributed by atoms with Crippen molar-refractivity contribution in [3.63, 3.8) is 0 Å². The van der Waals surface area contributed by atoms with E-state index in [2.05, 4.69) is 27.1 Å². The number of anilines is 1. The van der Waals surface area contributed by atoms with E-state index in [4.69, 9.17) is 0 Å². The van der Waals surface area contributed by atoms with Crippen molar-refractivity contribution >= 4 is 28.6 Å². The Hall–Kier alpha value is -3.24. The molecule has 33 heavy (non-hydrogen) atoms. The number of rotatable bonds is 4. The standard InChI is InChI=1S/C23H20F3N5OS/c1-14-7-18-19(22(32)29-16-4-2-3-15(8-16)23(24,25)26)13-33-20(18)12-30(14)11-17-9-28-21-10-27-5-6-31(17)21/h2-6,8-10,13-14H,7,11-12H2,1H3,(H,29,32). The molecule has 10 heteroatoms. The number of amides is 1. The fourth-order valence-electron chi connectivity index (χ4n) is 4.14. The van der Waals surface area contributed by atoms with Crippen molar-refractivity contribution in [1.29, 1.82) is 0 Å². The molecule has 0 spiro atoms. The van der Waals surface area contributed by atoms with Crippen LogP contribution in [-0.4, -0.2) is 31.2 Å². The number of hydrogen-bond donors (Lipinski definition) is 1. The smallest absolute Gasteiger partial charge is 0.322 e. The quantitative estimate of drug-likeness (QED) is 0.455. The van der Waals surface area contributed by atoms with Gasteiger partial charge >= 0.3 is 6.18 Å². The van der Waals surface area contributed by atoms with Gasteiger partial charge in [-0.1, -0.05) is 6.07 Å². The Morgan fingerprint density at radius 2 is 2.15 bits per heavy atom. The van der Waals surface area contributed by atoms with Crippen LogP contribution in [0.25, 0.3) is 5.65 Å². The van der Waals surface area contributed by atoms with Crippen LogP contribution in [0.4, 0.5) is 18.9 Å². The molecule has 5 rings (SSSR count). The van der Waals surface area contributed by atoms with Gasteiger partial charge in [0.25, 0.3) is 5.91 Å². The summed E-state index contributed by atoms with van der Waals surface area (Å²) in [5.41, 5.74) is 2.68. The minimum atomic E-state index is -4.46. The van der Waals surface area contributed by atoms with E-state index in [0.29, 0.717) is 25.1 Å². The number of fused-ring (bicyclic) bond motifs is 2. The van der Waals surface area contributed by atoms with Gasteiger partial charge in [-0.15, -0.1) is 11.3 Å². The van der Waals surface area contributed by atoms with Crippen LogP contribution >= 0.6 is 11.3 Å². The number of nitrogens with zero attached hydrogens (tertiary/aromatic N) is 4. The maximum atomic E-state index is 13.0. The van der Waals surface area contributed by atoms with E-state index >= 15 is 0 Å². The Bertz CT molecular complexity index is 1330. The predicted octanol–water partition coefficient (Wildman–Crippen LogP) is 5.01. The highest BCUT2D eigenvalue weighted by Crippen LogP contribution is 2.34. The molecule has 6 nitrogen and oxygen atoms in total. The Labute approximate surface area is 191 Å². The second kappa shape index (κ2) is 8.27. The van der Waals surface area contributed by atoms with Gasteiger partial charge in [0.15, 0.2) is 5.65 Å². The van der Waals surface area contributed by atoms with Crippen LogP contribution in [0, 0.1) is 0 Å². The third-order valence-electron chi connectivity index (χ3n) is 5.90. The predicted molar refractivity (Wildman–Crippen MR) is 119 cm³/mol. The summed E-state index contributed by atoms with van der Waals surface area (Å²) in [6.07, 6.45) is 3.40. The van der Waals surface area contributed by atoms with Crippen molar-refractivity contribution in [2.45, 2.75) is 38.7 Å². The molecule has 0 aliphatic carbocycles. The van der Waals surface area contributed by atoms with Gasteiger partial charge in [-0.3, -0.25) is 19.1 Å². The van der Waals surface area contributed by atoms with E-state index in [0.717, 1.165) is 33.9 Å². The van der Waals surface area contributed by atoms with Crippen molar-refractivity contribution in [3.8, 4) is 0 Å². The summed E-state index contributed by atoms with van der Waals surface area (Å²) in [6, 6.07) is 4.87. The molecule has 1 aliphatic heterocycles. The van der Waals surface area contributed by atoms with E-state index in [-0.39, 0.29) is 17.6 Å². The zero-order valence-electron chi connectivity index (χ0n) is 17.6. The molecular formula is C23H20F3N5OS. The molecule has 1 amide bonds. The highest BCUT2D eigenvalue weighted by atomic mass is 32.1. The normalized spacial score (nSPS) is 16.7. The van der Waals surface area contributed by atoms with Crippen LogP contribution in [0.2, 0.25) is 0 Å². The van der Waals surface area contributed by atoms with Gasteiger partial charge < -0.3 is 5.32 Å². The first-order valence-electron chi connectivity index (χ1n) is 10.4. The maximum absolute atomic E-state index is 13.0. The number of alkyl halides is 3. The zero-order chi connectivity index (χ0) is 23.2. The lowest BCUT2D eigenvalue weighted by Gasteiger charge is -2.33. The average Bonchev–Trinajstić information content (AvgIpc) is 3.38. The molecule has 4 heterocycles. The lowest BCUT2D eigenvalue weighted by Crippen LogP contribution is -2.38. The summed E-state index contributed by atoms with van der Waals surface area (Å²) in [5, 5.41) is 4.42. The maximum Gasteiger partial charge on any atom is 0.416 e. The van der Waals surface area contributed by atoms with E-state index in [1.54, 1.807) is 17.8 Å². The molecule has 170 valence electrons. The summed E-state index contributed by atoms with van der Waals surface area (Å²) in [4.78, 5) is 24.8. The van der Waals surface area contributed by atoms with Gasteiger partial charge in [0.1, 0.15) is 0 Å². The number of aromatic nitrogens is 3. The molecule has 0 bridgehead atoms. The number of benzene rings is 1. The highest BCUT2D eigenvalue weighted by Gasteiger charge is 2.31. The van der Waals surface area contributed by atoms with E-state index < -0.39 is 11.7 Å². The SMILES string of the molecule is CC1Cc2c(C(=O)Nc3cccc(C(F)(F)F)c3)csc2CN1Cc1cnc2cnccn12. The van der Waals surface area contributed by atoms with Gasteiger partial charge in [0, 0.05) is 47.5 Å². The molecule has 1 atom stereocenters. The molecule has 3 aromatic heterocycles. The first-order chi connectivity index (χ1) is 15.8. The topological polar surface area (TPSA) is 62.5 Å². The number of halogens is 3. The van der Waals surface area contributed by atoms with Crippen molar-refractivity contribution in [3.05, 3.63) is 81.7 Å². The van der Waals surface area contributed by atoms with E-state index in [9.17, 15) is 18.0 Å².